The van der Waals surface area contributed by atoms with Crippen LogP contribution in [-0.2, 0) is 4.79 Å². The lowest BCUT2D eigenvalue weighted by atomic mass is 10.1. The number of nitrogens with zero attached hydrogens (tertiary/aromatic N) is 1. The molecule has 20 heavy (non-hydrogen) atoms. The quantitative estimate of drug-likeness (QED) is 0.882. The van der Waals surface area contributed by atoms with Crippen LogP contribution in [0.2, 0.25) is 0 Å². The molecule has 1 aromatic rings. The van der Waals surface area contributed by atoms with E-state index in [1.54, 1.807) is 17.0 Å². The molecule has 0 spiro atoms. The Labute approximate surface area is 126 Å². The molecule has 1 aliphatic heterocycles. The van der Waals surface area contributed by atoms with Crippen molar-refractivity contribution in [2.24, 2.45) is 0 Å². The number of phenolic OH excluding ortho intramolecular Hbond substituents is 1. The molecule has 1 fully saturated rings. The summed E-state index contributed by atoms with van der Waals surface area (Å²) < 4.78 is 0.526. The number of aromatic hydroxyl groups is 1. The van der Waals surface area contributed by atoms with E-state index in [9.17, 15) is 14.7 Å². The van der Waals surface area contributed by atoms with Gasteiger partial charge in [-0.3, -0.25) is 9.59 Å². The lowest BCUT2D eigenvalue weighted by Crippen LogP contribution is -2.42. The van der Waals surface area contributed by atoms with Crippen LogP contribution in [0.1, 0.15) is 29.6 Å². The minimum Gasteiger partial charge on any atom is -0.507 e. The van der Waals surface area contributed by atoms with Crippen LogP contribution in [0.15, 0.2) is 22.7 Å². The molecule has 6 heteroatoms. The van der Waals surface area contributed by atoms with E-state index in [4.69, 9.17) is 0 Å². The van der Waals surface area contributed by atoms with Gasteiger partial charge in [0.2, 0.25) is 5.91 Å². The van der Waals surface area contributed by atoms with Crippen molar-refractivity contribution in [1.29, 1.82) is 0 Å². The Morgan fingerprint density at radius 3 is 2.60 bits per heavy atom. The maximum atomic E-state index is 11.9. The van der Waals surface area contributed by atoms with E-state index in [1.165, 1.54) is 6.07 Å². The van der Waals surface area contributed by atoms with Crippen molar-refractivity contribution < 1.29 is 14.7 Å². The van der Waals surface area contributed by atoms with Crippen molar-refractivity contribution in [2.75, 3.05) is 19.6 Å². The highest BCUT2D eigenvalue weighted by Crippen LogP contribution is 2.24. The molecule has 5 nitrogen and oxygen atoms in total. The maximum absolute atomic E-state index is 11.9. The van der Waals surface area contributed by atoms with Crippen LogP contribution in [-0.4, -0.2) is 41.5 Å². The van der Waals surface area contributed by atoms with Crippen molar-refractivity contribution in [2.45, 2.75) is 19.3 Å². The number of hydrogen-bond donors (Lipinski definition) is 2. The van der Waals surface area contributed by atoms with Gasteiger partial charge in [0.1, 0.15) is 5.75 Å². The average molecular weight is 341 g/mol. The van der Waals surface area contributed by atoms with Gasteiger partial charge >= 0.3 is 0 Å². The zero-order valence-electron chi connectivity index (χ0n) is 11.1. The number of carbonyl (C=O) groups excluding carboxylic acids is 2. The first-order valence-electron chi connectivity index (χ1n) is 6.62. The first-order chi connectivity index (χ1) is 9.58. The Kier molecular flexibility index (Phi) is 5.00. The number of halogens is 1. The summed E-state index contributed by atoms with van der Waals surface area (Å²) in [6.45, 7) is 1.54. The molecular formula is C14H17BrN2O3. The number of piperidine rings is 1. The fourth-order valence-electron chi connectivity index (χ4n) is 2.17. The fourth-order valence-corrected chi connectivity index (χ4v) is 2.41. The monoisotopic (exact) mass is 340 g/mol. The second-order valence-corrected chi connectivity index (χ2v) is 5.64. The maximum Gasteiger partial charge on any atom is 0.251 e. The van der Waals surface area contributed by atoms with Crippen LogP contribution >= 0.6 is 15.9 Å². The van der Waals surface area contributed by atoms with Crippen molar-refractivity contribution in [1.82, 2.24) is 10.2 Å². The summed E-state index contributed by atoms with van der Waals surface area (Å²) >= 11 is 3.15. The number of phenols is 1. The van der Waals surface area contributed by atoms with E-state index in [2.05, 4.69) is 21.2 Å². The van der Waals surface area contributed by atoms with Crippen molar-refractivity contribution >= 4 is 27.7 Å². The van der Waals surface area contributed by atoms with E-state index in [1.807, 2.05) is 0 Å². The third-order valence-corrected chi connectivity index (χ3v) is 3.99. The Morgan fingerprint density at radius 2 is 1.95 bits per heavy atom. The second-order valence-electron chi connectivity index (χ2n) is 4.79. The number of benzene rings is 1. The first-order valence-corrected chi connectivity index (χ1v) is 7.42. The lowest BCUT2D eigenvalue weighted by molar-refractivity contribution is -0.130. The summed E-state index contributed by atoms with van der Waals surface area (Å²) in [6.07, 6.45) is 3.22. The number of carbonyl (C=O) groups is 2. The van der Waals surface area contributed by atoms with Crippen LogP contribution in [0.3, 0.4) is 0 Å². The van der Waals surface area contributed by atoms with E-state index in [0.29, 0.717) is 10.0 Å². The topological polar surface area (TPSA) is 69.6 Å². The predicted octanol–water partition coefficient (Wildman–Crippen LogP) is 1.90. The summed E-state index contributed by atoms with van der Waals surface area (Å²) in [5.74, 6) is -0.419. The average Bonchev–Trinajstić information content (AvgIpc) is 2.48. The minimum atomic E-state index is -0.363. The molecule has 2 amide bonds. The van der Waals surface area contributed by atoms with Crippen LogP contribution < -0.4 is 5.32 Å². The van der Waals surface area contributed by atoms with Crippen molar-refractivity contribution in [3.63, 3.8) is 0 Å². The van der Waals surface area contributed by atoms with Crippen LogP contribution in [0.5, 0.6) is 5.75 Å². The van der Waals surface area contributed by atoms with Crippen LogP contribution in [0, 0.1) is 0 Å². The Hall–Kier alpha value is -1.56. The van der Waals surface area contributed by atoms with Gasteiger partial charge in [-0.05, 0) is 53.4 Å². The van der Waals surface area contributed by atoms with E-state index in [-0.39, 0.29) is 24.1 Å². The highest BCUT2D eigenvalue weighted by Gasteiger charge is 2.17. The molecule has 1 heterocycles. The fraction of sp³-hybridized carbons (Fsp3) is 0.429. The van der Waals surface area contributed by atoms with Crippen LogP contribution in [0.25, 0.3) is 0 Å². The molecule has 0 radical (unpaired) electrons. The molecule has 0 atom stereocenters. The number of amides is 2. The smallest absolute Gasteiger partial charge is 0.251 e. The molecule has 2 rings (SSSR count). The molecule has 1 aromatic carbocycles. The second kappa shape index (κ2) is 6.74. The van der Waals surface area contributed by atoms with Gasteiger partial charge in [0.25, 0.3) is 5.91 Å². The van der Waals surface area contributed by atoms with Crippen LogP contribution in [0.4, 0.5) is 0 Å². The summed E-state index contributed by atoms with van der Waals surface area (Å²) in [6, 6.07) is 4.55. The molecule has 0 unspecified atom stereocenters. The number of hydrogen-bond acceptors (Lipinski definition) is 3. The molecule has 1 saturated heterocycles. The largest absolute Gasteiger partial charge is 0.507 e. The first kappa shape index (κ1) is 14.8. The zero-order chi connectivity index (χ0) is 14.5. The Bertz CT molecular complexity index is 513. The summed E-state index contributed by atoms with van der Waals surface area (Å²) in [5, 5.41) is 12.1. The van der Waals surface area contributed by atoms with Gasteiger partial charge in [0.05, 0.1) is 11.0 Å². The Morgan fingerprint density at radius 1 is 1.25 bits per heavy atom. The molecule has 1 aliphatic rings. The van der Waals surface area contributed by atoms with Crippen molar-refractivity contribution in [3.8, 4) is 5.75 Å². The van der Waals surface area contributed by atoms with E-state index in [0.717, 1.165) is 32.4 Å². The highest BCUT2D eigenvalue weighted by atomic mass is 79.9. The Balaban J connectivity index is 1.88. The molecule has 108 valence electrons. The van der Waals surface area contributed by atoms with Gasteiger partial charge in [0.15, 0.2) is 0 Å². The van der Waals surface area contributed by atoms with Gasteiger partial charge in [-0.25, -0.2) is 0 Å². The number of likely N-dealkylation sites (tertiary alicyclic amines) is 1. The molecule has 0 bridgehead atoms. The summed E-state index contributed by atoms with van der Waals surface area (Å²) in [5.41, 5.74) is 0.331. The molecule has 0 aliphatic carbocycles. The van der Waals surface area contributed by atoms with Gasteiger partial charge in [0, 0.05) is 18.7 Å². The summed E-state index contributed by atoms with van der Waals surface area (Å²) in [4.78, 5) is 25.6. The molecule has 2 N–H and O–H groups in total. The third-order valence-electron chi connectivity index (χ3n) is 3.32. The standard InChI is InChI=1S/C14H17BrN2O3/c15-11-5-4-10(8-12(11)18)14(20)16-9-13(19)17-6-2-1-3-7-17/h4-5,8,18H,1-3,6-7,9H2,(H,16,20). The van der Waals surface area contributed by atoms with Gasteiger partial charge in [-0.15, -0.1) is 0 Å². The molecular weight excluding hydrogens is 324 g/mol. The van der Waals surface area contributed by atoms with Crippen molar-refractivity contribution in [3.05, 3.63) is 28.2 Å². The molecule has 0 aromatic heterocycles. The zero-order valence-corrected chi connectivity index (χ0v) is 12.6. The van der Waals surface area contributed by atoms with E-state index >= 15 is 0 Å². The number of rotatable bonds is 3. The minimum absolute atomic E-state index is 0.00000653. The third kappa shape index (κ3) is 3.72. The number of nitrogens with one attached hydrogen (secondary N) is 1. The predicted molar refractivity (Wildman–Crippen MR) is 78.6 cm³/mol. The SMILES string of the molecule is O=C(NCC(=O)N1CCCCC1)c1ccc(Br)c(O)c1. The highest BCUT2D eigenvalue weighted by molar-refractivity contribution is 9.10. The molecule has 0 saturated carbocycles. The lowest BCUT2D eigenvalue weighted by Gasteiger charge is -2.26. The summed E-state index contributed by atoms with van der Waals surface area (Å²) in [7, 11) is 0. The van der Waals surface area contributed by atoms with Gasteiger partial charge < -0.3 is 15.3 Å². The van der Waals surface area contributed by atoms with E-state index < -0.39 is 0 Å². The van der Waals surface area contributed by atoms with Gasteiger partial charge in [-0.2, -0.15) is 0 Å². The van der Waals surface area contributed by atoms with Gasteiger partial charge in [-0.1, -0.05) is 0 Å². The normalized spacial score (nSPS) is 14.9.